The third kappa shape index (κ3) is 2.36. The Bertz CT molecular complexity index is 407. The topological polar surface area (TPSA) is 66.0 Å². The van der Waals surface area contributed by atoms with Gasteiger partial charge in [0.05, 0.1) is 19.3 Å². The molecule has 2 heterocycles. The second kappa shape index (κ2) is 4.30. The van der Waals surface area contributed by atoms with E-state index < -0.39 is 0 Å². The molecule has 0 spiro atoms. The number of aromatic amines is 2. The highest BCUT2D eigenvalue weighted by atomic mass is 32.1. The second-order valence-electron chi connectivity index (χ2n) is 3.73. The minimum atomic E-state index is -0.211. The van der Waals surface area contributed by atoms with Crippen molar-refractivity contribution in [2.24, 2.45) is 0 Å². The predicted octanol–water partition coefficient (Wildman–Crippen LogP) is -0.435. The Morgan fingerprint density at radius 2 is 2.40 bits per heavy atom. The van der Waals surface area contributed by atoms with Crippen molar-refractivity contribution in [3.05, 3.63) is 15.3 Å². The van der Waals surface area contributed by atoms with Crippen LogP contribution in [-0.4, -0.2) is 52.5 Å². The van der Waals surface area contributed by atoms with Crippen molar-refractivity contribution >= 4 is 12.2 Å². The first-order chi connectivity index (χ1) is 7.16. The van der Waals surface area contributed by atoms with E-state index in [1.807, 2.05) is 7.05 Å². The van der Waals surface area contributed by atoms with Gasteiger partial charge < -0.3 is 9.64 Å². The lowest BCUT2D eigenvalue weighted by Gasteiger charge is -2.29. The van der Waals surface area contributed by atoms with Crippen LogP contribution >= 0.6 is 12.2 Å². The van der Waals surface area contributed by atoms with Crippen LogP contribution in [0.4, 0.5) is 0 Å². The monoisotopic (exact) mass is 230 g/mol. The molecule has 7 heteroatoms. The molecule has 0 radical (unpaired) electrons. The van der Waals surface area contributed by atoms with Gasteiger partial charge in [0.1, 0.15) is 0 Å². The number of hydrogen-bond acceptors (Lipinski definition) is 4. The van der Waals surface area contributed by atoms with Gasteiger partial charge in [-0.3, -0.25) is 9.67 Å². The molecule has 0 bridgehead atoms. The molecular formula is C8H14N4O2S. The molecule has 0 amide bonds. The number of H-pyrrole nitrogens is 2. The highest BCUT2D eigenvalue weighted by Crippen LogP contribution is 2.04. The minimum Gasteiger partial charge on any atom is -0.374 e. The predicted molar refractivity (Wildman–Crippen MR) is 57.5 cm³/mol. The summed E-state index contributed by atoms with van der Waals surface area (Å²) in [4.78, 5) is 13.5. The van der Waals surface area contributed by atoms with E-state index in [0.717, 1.165) is 13.1 Å². The Hall–Kier alpha value is -0.920. The Labute approximate surface area is 91.8 Å². The van der Waals surface area contributed by atoms with E-state index in [9.17, 15) is 4.79 Å². The minimum absolute atomic E-state index is 0.0346. The van der Waals surface area contributed by atoms with Crippen LogP contribution in [0.25, 0.3) is 0 Å². The summed E-state index contributed by atoms with van der Waals surface area (Å²) < 4.78 is 7.46. The van der Waals surface area contributed by atoms with Crippen molar-refractivity contribution in [2.75, 3.05) is 26.7 Å². The zero-order valence-corrected chi connectivity index (χ0v) is 9.34. The first-order valence-corrected chi connectivity index (χ1v) is 5.25. The van der Waals surface area contributed by atoms with Crippen molar-refractivity contribution in [3.8, 4) is 0 Å². The third-order valence-electron chi connectivity index (χ3n) is 2.49. The highest BCUT2D eigenvalue weighted by Gasteiger charge is 2.19. The average molecular weight is 230 g/mol. The maximum atomic E-state index is 11.3. The molecule has 1 atom stereocenters. The first kappa shape index (κ1) is 10.6. The smallest absolute Gasteiger partial charge is 0.342 e. The maximum absolute atomic E-state index is 11.3. The fourth-order valence-electron chi connectivity index (χ4n) is 1.68. The number of nitrogens with zero attached hydrogens (tertiary/aromatic N) is 2. The molecule has 1 aliphatic heterocycles. The molecule has 1 saturated heterocycles. The van der Waals surface area contributed by atoms with Crippen LogP contribution in [0.15, 0.2) is 4.79 Å². The molecule has 15 heavy (non-hydrogen) atoms. The number of morpholine rings is 1. The number of nitrogens with one attached hydrogen (secondary N) is 2. The van der Waals surface area contributed by atoms with Gasteiger partial charge in [0.15, 0.2) is 4.77 Å². The molecule has 1 aromatic heterocycles. The van der Waals surface area contributed by atoms with E-state index in [1.54, 1.807) is 0 Å². The van der Waals surface area contributed by atoms with Crippen LogP contribution in [-0.2, 0) is 11.3 Å². The summed E-state index contributed by atoms with van der Waals surface area (Å²) in [5.74, 6) is 0. The molecule has 6 nitrogen and oxygen atoms in total. The van der Waals surface area contributed by atoms with Gasteiger partial charge in [0.25, 0.3) is 0 Å². The van der Waals surface area contributed by atoms with Crippen LogP contribution in [0.5, 0.6) is 0 Å². The zero-order valence-electron chi connectivity index (χ0n) is 8.52. The number of likely N-dealkylation sites (N-methyl/N-ethyl adjacent to an activating group) is 1. The number of aromatic nitrogens is 3. The molecular weight excluding hydrogens is 216 g/mol. The molecule has 0 saturated carbocycles. The molecule has 84 valence electrons. The molecule has 1 unspecified atom stereocenters. The Balaban J connectivity index is 2.08. The number of rotatable bonds is 2. The molecule has 0 aromatic carbocycles. The Kier molecular flexibility index (Phi) is 3.03. The van der Waals surface area contributed by atoms with Crippen molar-refractivity contribution in [1.29, 1.82) is 0 Å². The van der Waals surface area contributed by atoms with E-state index in [-0.39, 0.29) is 11.8 Å². The maximum Gasteiger partial charge on any atom is 0.342 e. The van der Waals surface area contributed by atoms with Crippen molar-refractivity contribution in [2.45, 2.75) is 12.6 Å². The summed E-state index contributed by atoms with van der Waals surface area (Å²) in [5.41, 5.74) is -0.211. The van der Waals surface area contributed by atoms with Crippen LogP contribution in [0.3, 0.4) is 0 Å². The van der Waals surface area contributed by atoms with E-state index in [0.29, 0.717) is 17.9 Å². The standard InChI is InChI=1S/C8H14N4O2S/c1-11-2-3-14-6(4-11)5-12-7(13)9-10-8(12)15/h6H,2-5H2,1H3,(H,9,13)(H,10,15). The Morgan fingerprint density at radius 3 is 3.00 bits per heavy atom. The highest BCUT2D eigenvalue weighted by molar-refractivity contribution is 7.71. The van der Waals surface area contributed by atoms with Gasteiger partial charge in [-0.05, 0) is 19.3 Å². The van der Waals surface area contributed by atoms with Gasteiger partial charge in [-0.25, -0.2) is 9.89 Å². The fraction of sp³-hybridized carbons (Fsp3) is 0.750. The fourth-order valence-corrected chi connectivity index (χ4v) is 1.89. The summed E-state index contributed by atoms with van der Waals surface area (Å²) in [7, 11) is 2.04. The van der Waals surface area contributed by atoms with Gasteiger partial charge >= 0.3 is 5.69 Å². The second-order valence-corrected chi connectivity index (χ2v) is 4.11. The summed E-state index contributed by atoms with van der Waals surface area (Å²) in [6.45, 7) is 2.97. The lowest BCUT2D eigenvalue weighted by molar-refractivity contribution is -0.0280. The number of hydrogen-bond donors (Lipinski definition) is 2. The van der Waals surface area contributed by atoms with E-state index >= 15 is 0 Å². The first-order valence-electron chi connectivity index (χ1n) is 4.84. The SMILES string of the molecule is CN1CCOC(Cn2c(=O)[nH][nH]c2=S)C1. The van der Waals surface area contributed by atoms with Crippen molar-refractivity contribution in [3.63, 3.8) is 0 Å². The molecule has 2 rings (SSSR count). The van der Waals surface area contributed by atoms with Gasteiger partial charge in [-0.15, -0.1) is 0 Å². The molecule has 0 aliphatic carbocycles. The molecule has 1 aliphatic rings. The van der Waals surface area contributed by atoms with Gasteiger partial charge in [-0.2, -0.15) is 0 Å². The lowest BCUT2D eigenvalue weighted by Crippen LogP contribution is -2.43. The third-order valence-corrected chi connectivity index (χ3v) is 2.82. The number of ether oxygens (including phenoxy) is 1. The van der Waals surface area contributed by atoms with Crippen molar-refractivity contribution in [1.82, 2.24) is 19.7 Å². The summed E-state index contributed by atoms with van der Waals surface area (Å²) in [5, 5.41) is 5.06. The van der Waals surface area contributed by atoms with E-state index in [2.05, 4.69) is 15.1 Å². The van der Waals surface area contributed by atoms with Crippen molar-refractivity contribution < 1.29 is 4.74 Å². The zero-order chi connectivity index (χ0) is 10.8. The molecule has 2 N–H and O–H groups in total. The Morgan fingerprint density at radius 1 is 1.60 bits per heavy atom. The van der Waals surface area contributed by atoms with E-state index in [4.69, 9.17) is 17.0 Å². The summed E-state index contributed by atoms with van der Waals surface area (Å²) >= 11 is 4.98. The normalized spacial score (nSPS) is 23.1. The average Bonchev–Trinajstić information content (AvgIpc) is 2.50. The quantitative estimate of drug-likeness (QED) is 0.676. The van der Waals surface area contributed by atoms with Crippen LogP contribution in [0, 0.1) is 4.77 Å². The molecule has 1 fully saturated rings. The summed E-state index contributed by atoms with van der Waals surface area (Å²) in [6, 6.07) is 0. The summed E-state index contributed by atoms with van der Waals surface area (Å²) in [6.07, 6.45) is 0.0346. The van der Waals surface area contributed by atoms with Gasteiger partial charge in [-0.1, -0.05) is 0 Å². The van der Waals surface area contributed by atoms with E-state index in [1.165, 1.54) is 4.57 Å². The van der Waals surface area contributed by atoms with Crippen LogP contribution in [0.2, 0.25) is 0 Å². The molecule has 1 aromatic rings. The van der Waals surface area contributed by atoms with Crippen LogP contribution < -0.4 is 5.69 Å². The largest absolute Gasteiger partial charge is 0.374 e. The lowest BCUT2D eigenvalue weighted by atomic mass is 10.3. The van der Waals surface area contributed by atoms with Gasteiger partial charge in [0.2, 0.25) is 0 Å². The van der Waals surface area contributed by atoms with Gasteiger partial charge in [0, 0.05) is 13.1 Å². The van der Waals surface area contributed by atoms with Crippen LogP contribution in [0.1, 0.15) is 0 Å².